The van der Waals surface area contributed by atoms with Gasteiger partial charge in [-0.3, -0.25) is 9.89 Å². The zero-order valence-corrected chi connectivity index (χ0v) is 13.8. The third-order valence-corrected chi connectivity index (χ3v) is 4.12. The molecule has 0 spiro atoms. The minimum absolute atomic E-state index is 0.0333. The van der Waals surface area contributed by atoms with Gasteiger partial charge in [0.2, 0.25) is 0 Å². The van der Waals surface area contributed by atoms with Crippen LogP contribution >= 0.6 is 0 Å². The summed E-state index contributed by atoms with van der Waals surface area (Å²) in [4.78, 5) is 12.8. The van der Waals surface area contributed by atoms with Gasteiger partial charge < -0.3 is 20.8 Å². The molecule has 3 rings (SSSR count). The number of rotatable bonds is 7. The third-order valence-electron chi connectivity index (χ3n) is 4.12. The summed E-state index contributed by atoms with van der Waals surface area (Å²) in [5.74, 6) is 0.752. The van der Waals surface area contributed by atoms with Crippen molar-refractivity contribution in [3.8, 4) is 5.75 Å². The Hall–Kier alpha value is -2.38. The standard InChI is InChI=1S/C17H23N5O2/c1-11-15-16(21-20-11)13-10-12(24-9-3-7-19)4-5-14(13)22(17(15)23)8-2-6-18/h4-5,10H,2-3,6-9,18-19H2,1H3,(H,20,21). The highest BCUT2D eigenvalue weighted by atomic mass is 16.5. The first kappa shape index (κ1) is 16.5. The molecule has 5 N–H and O–H groups in total. The van der Waals surface area contributed by atoms with Crippen LogP contribution in [0.3, 0.4) is 0 Å². The van der Waals surface area contributed by atoms with Gasteiger partial charge in [-0.05, 0) is 51.1 Å². The number of hydrogen-bond donors (Lipinski definition) is 3. The van der Waals surface area contributed by atoms with Crippen LogP contribution in [-0.2, 0) is 6.54 Å². The van der Waals surface area contributed by atoms with Crippen molar-refractivity contribution in [3.05, 3.63) is 34.2 Å². The Morgan fingerprint density at radius 2 is 2.04 bits per heavy atom. The maximum atomic E-state index is 12.8. The van der Waals surface area contributed by atoms with E-state index in [1.54, 1.807) is 4.57 Å². The molecule has 128 valence electrons. The fourth-order valence-corrected chi connectivity index (χ4v) is 2.90. The van der Waals surface area contributed by atoms with Gasteiger partial charge in [-0.2, -0.15) is 5.10 Å². The van der Waals surface area contributed by atoms with Crippen LogP contribution in [0.5, 0.6) is 5.75 Å². The zero-order valence-electron chi connectivity index (χ0n) is 13.8. The van der Waals surface area contributed by atoms with Crippen molar-refractivity contribution in [1.29, 1.82) is 0 Å². The van der Waals surface area contributed by atoms with E-state index in [9.17, 15) is 4.79 Å². The molecule has 3 aromatic rings. The Morgan fingerprint density at radius 1 is 1.25 bits per heavy atom. The normalized spacial score (nSPS) is 11.5. The molecule has 24 heavy (non-hydrogen) atoms. The quantitative estimate of drug-likeness (QED) is 0.565. The van der Waals surface area contributed by atoms with Crippen LogP contribution in [0.15, 0.2) is 23.0 Å². The molecule has 0 saturated heterocycles. The lowest BCUT2D eigenvalue weighted by Crippen LogP contribution is -2.22. The monoisotopic (exact) mass is 329 g/mol. The number of nitrogens with two attached hydrogens (primary N) is 2. The number of nitrogens with one attached hydrogen (secondary N) is 1. The van der Waals surface area contributed by atoms with Gasteiger partial charge in [-0.1, -0.05) is 0 Å². The van der Waals surface area contributed by atoms with Crippen molar-refractivity contribution in [3.63, 3.8) is 0 Å². The second kappa shape index (κ2) is 7.02. The smallest absolute Gasteiger partial charge is 0.262 e. The molecular weight excluding hydrogens is 306 g/mol. The Morgan fingerprint density at radius 3 is 2.79 bits per heavy atom. The van der Waals surface area contributed by atoms with E-state index in [4.69, 9.17) is 16.2 Å². The Bertz CT molecular complexity index is 913. The number of aromatic amines is 1. The Kier molecular flexibility index (Phi) is 4.82. The molecular formula is C17H23N5O2. The molecule has 0 atom stereocenters. The van der Waals surface area contributed by atoms with Gasteiger partial charge in [0, 0.05) is 17.6 Å². The topological polar surface area (TPSA) is 112 Å². The summed E-state index contributed by atoms with van der Waals surface area (Å²) in [5.41, 5.74) is 13.4. The van der Waals surface area contributed by atoms with Crippen LogP contribution in [0.1, 0.15) is 18.5 Å². The number of H-pyrrole nitrogens is 1. The number of fused-ring (bicyclic) bond motifs is 3. The molecule has 0 aliphatic rings. The number of ether oxygens (including phenoxy) is 1. The summed E-state index contributed by atoms with van der Waals surface area (Å²) >= 11 is 0. The molecule has 0 radical (unpaired) electrons. The predicted octanol–water partition coefficient (Wildman–Crippen LogP) is 1.26. The van der Waals surface area contributed by atoms with Crippen LogP contribution < -0.4 is 21.8 Å². The SMILES string of the molecule is Cc1[nH]nc2c1c(=O)n(CCCN)c1ccc(OCCCN)cc21. The number of aromatic nitrogens is 3. The van der Waals surface area contributed by atoms with Crippen molar-refractivity contribution < 1.29 is 4.74 Å². The fourth-order valence-electron chi connectivity index (χ4n) is 2.90. The summed E-state index contributed by atoms with van der Waals surface area (Å²) in [7, 11) is 0. The first-order valence-corrected chi connectivity index (χ1v) is 8.21. The van der Waals surface area contributed by atoms with Crippen LogP contribution in [-0.4, -0.2) is 34.5 Å². The highest BCUT2D eigenvalue weighted by molar-refractivity contribution is 6.04. The lowest BCUT2D eigenvalue weighted by molar-refractivity contribution is 0.314. The van der Waals surface area contributed by atoms with Crippen molar-refractivity contribution in [2.75, 3.05) is 19.7 Å². The minimum atomic E-state index is -0.0333. The van der Waals surface area contributed by atoms with Gasteiger partial charge in [-0.25, -0.2) is 0 Å². The first-order valence-electron chi connectivity index (χ1n) is 8.21. The first-order chi connectivity index (χ1) is 11.7. The van der Waals surface area contributed by atoms with E-state index in [-0.39, 0.29) is 5.56 Å². The van der Waals surface area contributed by atoms with Gasteiger partial charge in [0.05, 0.1) is 17.5 Å². The molecule has 0 aliphatic carbocycles. The van der Waals surface area contributed by atoms with E-state index >= 15 is 0 Å². The van der Waals surface area contributed by atoms with Gasteiger partial charge in [-0.15, -0.1) is 0 Å². The zero-order chi connectivity index (χ0) is 17.1. The molecule has 1 aromatic carbocycles. The highest BCUT2D eigenvalue weighted by Crippen LogP contribution is 2.27. The number of pyridine rings is 1. The fraction of sp³-hybridized carbons (Fsp3) is 0.412. The van der Waals surface area contributed by atoms with Gasteiger partial charge in [0.1, 0.15) is 11.3 Å². The third kappa shape index (κ3) is 2.88. The van der Waals surface area contributed by atoms with E-state index in [1.165, 1.54) is 0 Å². The Balaban J connectivity index is 2.19. The van der Waals surface area contributed by atoms with Crippen LogP contribution in [0, 0.1) is 6.92 Å². The van der Waals surface area contributed by atoms with Gasteiger partial charge in [0.15, 0.2) is 0 Å². The second-order valence-electron chi connectivity index (χ2n) is 5.84. The van der Waals surface area contributed by atoms with E-state index in [1.807, 2.05) is 25.1 Å². The lowest BCUT2D eigenvalue weighted by atomic mass is 10.1. The maximum Gasteiger partial charge on any atom is 0.262 e. The summed E-state index contributed by atoms with van der Waals surface area (Å²) in [6.07, 6.45) is 1.54. The van der Waals surface area contributed by atoms with E-state index < -0.39 is 0 Å². The Labute approximate surface area is 139 Å². The van der Waals surface area contributed by atoms with E-state index in [0.29, 0.717) is 37.1 Å². The lowest BCUT2D eigenvalue weighted by Gasteiger charge is -2.12. The molecule has 2 heterocycles. The summed E-state index contributed by atoms with van der Waals surface area (Å²) in [5, 5.41) is 8.77. The van der Waals surface area contributed by atoms with Crippen molar-refractivity contribution in [2.45, 2.75) is 26.3 Å². The van der Waals surface area contributed by atoms with Gasteiger partial charge in [0.25, 0.3) is 5.56 Å². The van der Waals surface area contributed by atoms with Crippen LogP contribution in [0.4, 0.5) is 0 Å². The number of benzene rings is 1. The van der Waals surface area contributed by atoms with E-state index in [2.05, 4.69) is 10.2 Å². The summed E-state index contributed by atoms with van der Waals surface area (Å²) < 4.78 is 7.51. The maximum absolute atomic E-state index is 12.8. The second-order valence-corrected chi connectivity index (χ2v) is 5.84. The number of hydrogen-bond acceptors (Lipinski definition) is 5. The summed E-state index contributed by atoms with van der Waals surface area (Å²) in [6, 6.07) is 5.73. The average Bonchev–Trinajstić information content (AvgIpc) is 2.97. The molecule has 7 heteroatoms. The van der Waals surface area contributed by atoms with E-state index in [0.717, 1.165) is 35.2 Å². The molecule has 0 amide bonds. The number of nitrogens with zero attached hydrogens (tertiary/aromatic N) is 2. The molecule has 0 aliphatic heterocycles. The molecule has 0 bridgehead atoms. The van der Waals surface area contributed by atoms with Crippen LogP contribution in [0.2, 0.25) is 0 Å². The average molecular weight is 329 g/mol. The molecule has 7 nitrogen and oxygen atoms in total. The minimum Gasteiger partial charge on any atom is -0.494 e. The summed E-state index contributed by atoms with van der Waals surface area (Å²) in [6.45, 7) is 4.14. The molecule has 0 fully saturated rings. The molecule has 2 aromatic heterocycles. The molecule has 0 unspecified atom stereocenters. The molecule has 0 saturated carbocycles. The van der Waals surface area contributed by atoms with Gasteiger partial charge >= 0.3 is 0 Å². The largest absolute Gasteiger partial charge is 0.494 e. The van der Waals surface area contributed by atoms with Crippen LogP contribution in [0.25, 0.3) is 21.8 Å². The number of aryl methyl sites for hydroxylation is 2. The van der Waals surface area contributed by atoms with Crippen molar-refractivity contribution in [1.82, 2.24) is 14.8 Å². The highest BCUT2D eigenvalue weighted by Gasteiger charge is 2.15. The van der Waals surface area contributed by atoms with Crippen molar-refractivity contribution >= 4 is 21.8 Å². The van der Waals surface area contributed by atoms with Crippen molar-refractivity contribution in [2.24, 2.45) is 11.5 Å². The predicted molar refractivity (Wildman–Crippen MR) is 95.4 cm³/mol.